The summed E-state index contributed by atoms with van der Waals surface area (Å²) in [6, 6.07) is 11.3. The maximum Gasteiger partial charge on any atom is 0.372 e. The second-order valence-corrected chi connectivity index (χ2v) is 8.28. The zero-order chi connectivity index (χ0) is 15.0. The fraction of sp³-hybridized carbons (Fsp3) is 0.625. The summed E-state index contributed by atoms with van der Waals surface area (Å²) >= 11 is 0. The second-order valence-electron chi connectivity index (χ2n) is 5.12. The number of hydrogen-bond donors (Lipinski definition) is 0. The van der Waals surface area contributed by atoms with Crippen LogP contribution in [0.25, 0.3) is 0 Å². The molecule has 0 amide bonds. The molecule has 6 heteroatoms. The second kappa shape index (κ2) is 10.3. The minimum atomic E-state index is -2.34. The third-order valence-corrected chi connectivity index (χ3v) is 7.20. The number of ether oxygens (including phenoxy) is 2. The van der Waals surface area contributed by atoms with Crippen molar-refractivity contribution in [2.75, 3.05) is 33.0 Å². The van der Waals surface area contributed by atoms with Gasteiger partial charge in [0, 0.05) is 19.8 Å². The first-order chi connectivity index (χ1) is 10.3. The molecule has 0 N–H and O–H groups in total. The summed E-state index contributed by atoms with van der Waals surface area (Å²) < 4.78 is 23.0. The molecule has 1 aromatic carbocycles. The van der Waals surface area contributed by atoms with E-state index in [2.05, 4.69) is 24.3 Å². The van der Waals surface area contributed by atoms with Crippen LogP contribution in [-0.4, -0.2) is 58.7 Å². The van der Waals surface area contributed by atoms with E-state index in [0.717, 1.165) is 25.7 Å². The number of benzene rings is 1. The molecule has 2 rings (SSSR count). The Morgan fingerprint density at radius 3 is 2.32 bits per heavy atom. The van der Waals surface area contributed by atoms with Crippen LogP contribution in [-0.2, 0) is 18.3 Å². The average Bonchev–Trinajstić information content (AvgIpc) is 3.32. The van der Waals surface area contributed by atoms with Crippen LogP contribution in [0.3, 0.4) is 0 Å². The summed E-state index contributed by atoms with van der Waals surface area (Å²) in [4.78, 5) is 0. The molecule has 0 spiro atoms. The Morgan fingerprint density at radius 2 is 1.77 bits per heavy atom. The molecular formula is C16H30O4Si2. The van der Waals surface area contributed by atoms with E-state index >= 15 is 0 Å². The first-order valence-electron chi connectivity index (χ1n) is 7.83. The number of rotatable bonds is 11. The summed E-state index contributed by atoms with van der Waals surface area (Å²) in [7, 11) is -2.34. The Morgan fingerprint density at radius 1 is 1.14 bits per heavy atom. The summed E-state index contributed by atoms with van der Waals surface area (Å²) in [6.07, 6.45) is 1.29. The third-order valence-electron chi connectivity index (χ3n) is 3.47. The highest BCUT2D eigenvalue weighted by Crippen LogP contribution is 2.17. The van der Waals surface area contributed by atoms with Crippen LogP contribution < -0.4 is 5.19 Å². The molecule has 0 aliphatic carbocycles. The van der Waals surface area contributed by atoms with E-state index in [1.165, 1.54) is 5.19 Å². The SMILES string of the molecule is CCO[Si](CCCOCC1CO1)(OCC)c1ccccc1.[SiH4]. The lowest BCUT2D eigenvalue weighted by atomic mass is 10.4. The Kier molecular flexibility index (Phi) is 9.15. The normalized spacial score (nSPS) is 17.1. The minimum Gasteiger partial charge on any atom is -0.391 e. The van der Waals surface area contributed by atoms with Gasteiger partial charge in [0.2, 0.25) is 0 Å². The van der Waals surface area contributed by atoms with Crippen LogP contribution in [0.2, 0.25) is 6.04 Å². The van der Waals surface area contributed by atoms with E-state index in [0.29, 0.717) is 25.9 Å². The Bertz CT molecular complexity index is 392. The first kappa shape index (κ1) is 19.5. The van der Waals surface area contributed by atoms with Gasteiger partial charge in [-0.2, -0.15) is 0 Å². The van der Waals surface area contributed by atoms with E-state index in [-0.39, 0.29) is 11.0 Å². The topological polar surface area (TPSA) is 40.2 Å². The van der Waals surface area contributed by atoms with Gasteiger partial charge in [0.15, 0.2) is 0 Å². The lowest BCUT2D eigenvalue weighted by Crippen LogP contribution is -2.54. The van der Waals surface area contributed by atoms with Gasteiger partial charge in [0.1, 0.15) is 6.10 Å². The van der Waals surface area contributed by atoms with Gasteiger partial charge in [-0.05, 0) is 42.5 Å². The molecule has 0 aromatic heterocycles. The molecule has 22 heavy (non-hydrogen) atoms. The summed E-state index contributed by atoms with van der Waals surface area (Å²) in [6.45, 7) is 7.72. The van der Waals surface area contributed by atoms with Crippen molar-refractivity contribution >= 4 is 24.7 Å². The highest BCUT2D eigenvalue weighted by atomic mass is 28.4. The fourth-order valence-electron chi connectivity index (χ4n) is 2.44. The summed E-state index contributed by atoms with van der Waals surface area (Å²) in [5.41, 5.74) is 0. The van der Waals surface area contributed by atoms with Crippen molar-refractivity contribution in [3.05, 3.63) is 30.3 Å². The average molecular weight is 343 g/mol. The smallest absolute Gasteiger partial charge is 0.372 e. The molecule has 1 saturated heterocycles. The molecule has 1 aliphatic heterocycles. The molecule has 0 radical (unpaired) electrons. The predicted molar refractivity (Wildman–Crippen MR) is 96.4 cm³/mol. The Hall–Kier alpha value is -0.506. The zero-order valence-corrected chi connectivity index (χ0v) is 14.0. The molecule has 1 heterocycles. The van der Waals surface area contributed by atoms with Crippen LogP contribution in [0.15, 0.2) is 30.3 Å². The van der Waals surface area contributed by atoms with Gasteiger partial charge >= 0.3 is 8.56 Å². The van der Waals surface area contributed by atoms with Gasteiger partial charge in [-0.25, -0.2) is 0 Å². The standard InChI is InChI=1S/C16H26O4Si.H4Si/c1-3-19-21(20-4-2,16-9-6-5-7-10-16)12-8-11-17-13-15-14-18-15;/h5-7,9-10,15H,3-4,8,11-14H2,1-2H3;1H4. The van der Waals surface area contributed by atoms with E-state index < -0.39 is 8.56 Å². The molecule has 0 saturated carbocycles. The molecule has 1 aromatic rings. The van der Waals surface area contributed by atoms with E-state index in [1.807, 2.05) is 19.9 Å². The van der Waals surface area contributed by atoms with E-state index in [9.17, 15) is 0 Å². The van der Waals surface area contributed by atoms with E-state index in [4.69, 9.17) is 18.3 Å². The molecule has 1 aliphatic rings. The van der Waals surface area contributed by atoms with Crippen molar-refractivity contribution in [3.8, 4) is 0 Å². The lowest BCUT2D eigenvalue weighted by molar-refractivity contribution is 0.113. The number of hydrogen-bond acceptors (Lipinski definition) is 4. The van der Waals surface area contributed by atoms with Crippen LogP contribution in [0, 0.1) is 0 Å². The highest BCUT2D eigenvalue weighted by Gasteiger charge is 2.39. The fourth-order valence-corrected chi connectivity index (χ4v) is 5.68. The molecule has 4 nitrogen and oxygen atoms in total. The first-order valence-corrected chi connectivity index (χ1v) is 9.86. The predicted octanol–water partition coefficient (Wildman–Crippen LogP) is 0.763. The van der Waals surface area contributed by atoms with Gasteiger partial charge in [-0.3, -0.25) is 0 Å². The molecular weight excluding hydrogens is 312 g/mol. The van der Waals surface area contributed by atoms with E-state index in [1.54, 1.807) is 0 Å². The maximum absolute atomic E-state index is 6.13. The molecule has 1 fully saturated rings. The van der Waals surface area contributed by atoms with Crippen LogP contribution >= 0.6 is 0 Å². The Balaban J connectivity index is 0.00000242. The van der Waals surface area contributed by atoms with Gasteiger partial charge < -0.3 is 18.3 Å². The molecule has 126 valence electrons. The number of epoxide rings is 1. The summed E-state index contributed by atoms with van der Waals surface area (Å²) in [5, 5.41) is 1.21. The summed E-state index contributed by atoms with van der Waals surface area (Å²) in [5.74, 6) is 0. The van der Waals surface area contributed by atoms with Crippen LogP contribution in [0.4, 0.5) is 0 Å². The zero-order valence-electron chi connectivity index (χ0n) is 13.0. The van der Waals surface area contributed by atoms with Gasteiger partial charge in [-0.1, -0.05) is 30.3 Å². The Labute approximate surface area is 139 Å². The molecule has 1 atom stereocenters. The van der Waals surface area contributed by atoms with Crippen molar-refractivity contribution in [2.45, 2.75) is 32.4 Å². The quantitative estimate of drug-likeness (QED) is 0.338. The van der Waals surface area contributed by atoms with Crippen molar-refractivity contribution in [3.63, 3.8) is 0 Å². The lowest BCUT2D eigenvalue weighted by Gasteiger charge is -2.30. The van der Waals surface area contributed by atoms with Crippen molar-refractivity contribution in [2.24, 2.45) is 0 Å². The minimum absolute atomic E-state index is 0. The maximum atomic E-state index is 6.13. The van der Waals surface area contributed by atoms with Crippen molar-refractivity contribution in [1.82, 2.24) is 0 Å². The highest BCUT2D eigenvalue weighted by molar-refractivity contribution is 6.81. The van der Waals surface area contributed by atoms with Crippen LogP contribution in [0.1, 0.15) is 20.3 Å². The third kappa shape index (κ3) is 5.94. The molecule has 1 unspecified atom stereocenters. The van der Waals surface area contributed by atoms with Gasteiger partial charge in [0.25, 0.3) is 0 Å². The van der Waals surface area contributed by atoms with Gasteiger partial charge in [0.05, 0.1) is 13.2 Å². The largest absolute Gasteiger partial charge is 0.391 e. The van der Waals surface area contributed by atoms with Gasteiger partial charge in [-0.15, -0.1) is 0 Å². The molecule has 0 bridgehead atoms. The van der Waals surface area contributed by atoms with Crippen molar-refractivity contribution < 1.29 is 18.3 Å². The monoisotopic (exact) mass is 342 g/mol. The van der Waals surface area contributed by atoms with Crippen LogP contribution in [0.5, 0.6) is 0 Å². The van der Waals surface area contributed by atoms with Crippen molar-refractivity contribution in [1.29, 1.82) is 0 Å².